The molecule has 5 heteroatoms. The molecule has 1 aliphatic rings. The van der Waals surface area contributed by atoms with Crippen LogP contribution in [0.3, 0.4) is 0 Å². The summed E-state index contributed by atoms with van der Waals surface area (Å²) >= 11 is 0. The van der Waals surface area contributed by atoms with Crippen LogP contribution in [0.15, 0.2) is 48.9 Å². The van der Waals surface area contributed by atoms with E-state index in [9.17, 15) is 9.59 Å². The minimum Gasteiger partial charge on any atom is -0.478 e. The topological polar surface area (TPSA) is 86.6 Å². The van der Waals surface area contributed by atoms with Crippen molar-refractivity contribution in [2.24, 2.45) is 0 Å². The SMILES string of the molecule is C1=CC=CNC=C1.O=C(O)C=CC(=O)O. The molecule has 1 aliphatic heterocycles. The molecule has 0 radical (unpaired) electrons. The smallest absolute Gasteiger partial charge is 0.328 e. The molecule has 0 aromatic heterocycles. The number of aliphatic carboxylic acids is 2. The van der Waals surface area contributed by atoms with Gasteiger partial charge in [-0.15, -0.1) is 0 Å². The van der Waals surface area contributed by atoms with Gasteiger partial charge in [0.2, 0.25) is 0 Å². The van der Waals surface area contributed by atoms with E-state index in [0.29, 0.717) is 12.2 Å². The van der Waals surface area contributed by atoms with E-state index in [1.54, 1.807) is 0 Å². The van der Waals surface area contributed by atoms with E-state index in [0.717, 1.165) is 0 Å². The summed E-state index contributed by atoms with van der Waals surface area (Å²) in [6.07, 6.45) is 12.7. The molecular weight excluding hydrogens is 198 g/mol. The highest BCUT2D eigenvalue weighted by atomic mass is 16.4. The van der Waals surface area contributed by atoms with E-state index in [1.807, 2.05) is 36.7 Å². The minimum atomic E-state index is -1.26. The first-order chi connectivity index (χ1) is 7.13. The lowest BCUT2D eigenvalue weighted by Crippen LogP contribution is -1.91. The van der Waals surface area contributed by atoms with Gasteiger partial charge >= 0.3 is 11.9 Å². The van der Waals surface area contributed by atoms with Gasteiger partial charge in [0.15, 0.2) is 0 Å². The van der Waals surface area contributed by atoms with Crippen LogP contribution in [0.4, 0.5) is 0 Å². The van der Waals surface area contributed by atoms with Crippen LogP contribution in [0.25, 0.3) is 0 Å². The van der Waals surface area contributed by atoms with Crippen molar-refractivity contribution in [3.8, 4) is 0 Å². The van der Waals surface area contributed by atoms with Gasteiger partial charge in [-0.25, -0.2) is 9.59 Å². The fraction of sp³-hybridized carbons (Fsp3) is 0. The molecule has 0 spiro atoms. The van der Waals surface area contributed by atoms with Crippen LogP contribution in [0.2, 0.25) is 0 Å². The standard InChI is InChI=1S/C6H7N.C4H4O4/c1-2-4-6-7-5-3-1;5-3(6)1-2-4(7)8/h1-7H;1-2H,(H,5,6)(H,7,8). The van der Waals surface area contributed by atoms with Gasteiger partial charge in [0.25, 0.3) is 0 Å². The van der Waals surface area contributed by atoms with Gasteiger partial charge in [-0.05, 0) is 12.2 Å². The van der Waals surface area contributed by atoms with Crippen LogP contribution in [0.1, 0.15) is 0 Å². The number of allylic oxidation sites excluding steroid dienone is 4. The van der Waals surface area contributed by atoms with Crippen LogP contribution in [-0.4, -0.2) is 22.2 Å². The average Bonchev–Trinajstić information content (AvgIpc) is 2.47. The maximum atomic E-state index is 9.55. The van der Waals surface area contributed by atoms with Crippen LogP contribution >= 0.6 is 0 Å². The fourth-order valence-electron chi connectivity index (χ4n) is 0.549. The predicted molar refractivity (Wildman–Crippen MR) is 55.0 cm³/mol. The van der Waals surface area contributed by atoms with Crippen molar-refractivity contribution in [2.45, 2.75) is 0 Å². The molecule has 80 valence electrons. The number of carbonyl (C=O) groups is 2. The second-order valence-electron chi connectivity index (χ2n) is 2.28. The van der Waals surface area contributed by atoms with Crippen LogP contribution in [-0.2, 0) is 9.59 Å². The zero-order chi connectivity index (χ0) is 11.5. The Morgan fingerprint density at radius 2 is 1.27 bits per heavy atom. The molecule has 1 rings (SSSR count). The Labute approximate surface area is 86.7 Å². The molecule has 0 fully saturated rings. The van der Waals surface area contributed by atoms with E-state index >= 15 is 0 Å². The highest BCUT2D eigenvalue weighted by Gasteiger charge is 1.88. The van der Waals surface area contributed by atoms with Gasteiger partial charge in [-0.2, -0.15) is 0 Å². The summed E-state index contributed by atoms with van der Waals surface area (Å²) in [6, 6.07) is 0. The molecule has 0 atom stereocenters. The first-order valence-electron chi connectivity index (χ1n) is 4.01. The molecular formula is C10H11NO4. The van der Waals surface area contributed by atoms with Crippen molar-refractivity contribution in [1.29, 1.82) is 0 Å². The third-order valence-electron chi connectivity index (χ3n) is 1.09. The molecule has 0 bridgehead atoms. The maximum Gasteiger partial charge on any atom is 0.328 e. The predicted octanol–water partition coefficient (Wildman–Crippen LogP) is 0.885. The minimum absolute atomic E-state index is 0.558. The van der Waals surface area contributed by atoms with Crippen molar-refractivity contribution in [2.75, 3.05) is 0 Å². The lowest BCUT2D eigenvalue weighted by Gasteiger charge is -1.79. The Balaban J connectivity index is 0.000000262. The highest BCUT2D eigenvalue weighted by Crippen LogP contribution is 1.81. The number of rotatable bonds is 2. The molecule has 1 heterocycles. The Bertz CT molecular complexity index is 296. The number of carboxylic acid groups (broad SMARTS) is 2. The summed E-state index contributed by atoms with van der Waals surface area (Å²) in [4.78, 5) is 19.1. The van der Waals surface area contributed by atoms with Crippen molar-refractivity contribution in [3.63, 3.8) is 0 Å². The van der Waals surface area contributed by atoms with E-state index in [4.69, 9.17) is 10.2 Å². The van der Waals surface area contributed by atoms with Gasteiger partial charge in [-0.3, -0.25) is 0 Å². The van der Waals surface area contributed by atoms with Crippen molar-refractivity contribution in [1.82, 2.24) is 5.32 Å². The Morgan fingerprint density at radius 1 is 0.867 bits per heavy atom. The van der Waals surface area contributed by atoms with Gasteiger partial charge in [0, 0.05) is 24.6 Å². The molecule has 0 unspecified atom stereocenters. The molecule has 5 nitrogen and oxygen atoms in total. The van der Waals surface area contributed by atoms with Gasteiger partial charge in [0.05, 0.1) is 0 Å². The molecule has 0 saturated heterocycles. The second-order valence-corrected chi connectivity index (χ2v) is 2.28. The van der Waals surface area contributed by atoms with E-state index < -0.39 is 11.9 Å². The van der Waals surface area contributed by atoms with Gasteiger partial charge in [0.1, 0.15) is 0 Å². The Kier molecular flexibility index (Phi) is 7.03. The zero-order valence-electron chi connectivity index (χ0n) is 7.83. The average molecular weight is 209 g/mol. The Hall–Kier alpha value is -2.30. The number of hydrogen-bond donors (Lipinski definition) is 3. The lowest BCUT2D eigenvalue weighted by atomic mass is 10.5. The van der Waals surface area contributed by atoms with E-state index in [1.165, 1.54) is 0 Å². The van der Waals surface area contributed by atoms with Crippen molar-refractivity contribution in [3.05, 3.63) is 48.9 Å². The number of hydrogen-bond acceptors (Lipinski definition) is 3. The molecule has 0 amide bonds. The third kappa shape index (κ3) is 11.7. The molecule has 15 heavy (non-hydrogen) atoms. The number of carboxylic acids is 2. The lowest BCUT2D eigenvalue weighted by molar-refractivity contribution is -0.134. The van der Waals surface area contributed by atoms with Crippen LogP contribution < -0.4 is 5.32 Å². The normalized spacial score (nSPS) is 12.5. The van der Waals surface area contributed by atoms with Crippen LogP contribution in [0.5, 0.6) is 0 Å². The molecule has 0 aromatic rings. The molecule has 3 N–H and O–H groups in total. The van der Waals surface area contributed by atoms with Crippen molar-refractivity contribution >= 4 is 11.9 Å². The largest absolute Gasteiger partial charge is 0.478 e. The summed E-state index contributed by atoms with van der Waals surface area (Å²) in [6.45, 7) is 0. The van der Waals surface area contributed by atoms with Gasteiger partial charge in [-0.1, -0.05) is 12.2 Å². The first-order valence-corrected chi connectivity index (χ1v) is 4.01. The summed E-state index contributed by atoms with van der Waals surface area (Å²) in [5.74, 6) is -2.51. The summed E-state index contributed by atoms with van der Waals surface area (Å²) in [5.41, 5.74) is 0. The van der Waals surface area contributed by atoms with E-state index in [-0.39, 0.29) is 0 Å². The zero-order valence-corrected chi connectivity index (χ0v) is 7.83. The maximum absolute atomic E-state index is 9.55. The summed E-state index contributed by atoms with van der Waals surface area (Å²) in [5, 5.41) is 18.5. The second kappa shape index (κ2) is 8.31. The third-order valence-corrected chi connectivity index (χ3v) is 1.09. The summed E-state index contributed by atoms with van der Waals surface area (Å²) < 4.78 is 0. The van der Waals surface area contributed by atoms with Gasteiger partial charge < -0.3 is 15.5 Å². The van der Waals surface area contributed by atoms with Crippen molar-refractivity contribution < 1.29 is 19.8 Å². The molecule has 0 aliphatic carbocycles. The van der Waals surface area contributed by atoms with E-state index in [2.05, 4.69) is 5.32 Å². The van der Waals surface area contributed by atoms with Crippen LogP contribution in [0, 0.1) is 0 Å². The quantitative estimate of drug-likeness (QED) is 0.588. The highest BCUT2D eigenvalue weighted by molar-refractivity contribution is 5.89. The molecule has 0 saturated carbocycles. The number of nitrogens with one attached hydrogen (secondary N) is 1. The monoisotopic (exact) mass is 209 g/mol. The first kappa shape index (κ1) is 12.7. The fourth-order valence-corrected chi connectivity index (χ4v) is 0.549. The Morgan fingerprint density at radius 3 is 1.60 bits per heavy atom. The summed E-state index contributed by atoms with van der Waals surface area (Å²) in [7, 11) is 0. The molecule has 0 aromatic carbocycles.